The molecule has 0 aromatic heterocycles. The Kier molecular flexibility index (Phi) is 4.93. The van der Waals surface area contributed by atoms with Crippen molar-refractivity contribution in [1.29, 1.82) is 0 Å². The third-order valence-electron chi connectivity index (χ3n) is 2.45. The van der Waals surface area contributed by atoms with Gasteiger partial charge in [-0.3, -0.25) is 4.79 Å². The lowest BCUT2D eigenvalue weighted by atomic mass is 10.1. The molecule has 0 atom stereocenters. The fourth-order valence-corrected chi connectivity index (χ4v) is 2.40. The van der Waals surface area contributed by atoms with Crippen LogP contribution >= 0.6 is 23.4 Å². The molecular formula is C15H9ClF2OS. The fourth-order valence-electron chi connectivity index (χ4n) is 1.48. The minimum Gasteiger partial charge on any atom is -0.289 e. The van der Waals surface area contributed by atoms with E-state index >= 15 is 0 Å². The largest absolute Gasteiger partial charge is 0.289 e. The highest BCUT2D eigenvalue weighted by Crippen LogP contribution is 2.25. The Morgan fingerprint density at radius 2 is 1.85 bits per heavy atom. The molecule has 2 aromatic carbocycles. The van der Waals surface area contributed by atoms with E-state index in [0.717, 1.165) is 0 Å². The van der Waals surface area contributed by atoms with Crippen molar-refractivity contribution >= 4 is 29.1 Å². The highest BCUT2D eigenvalue weighted by Gasteiger charge is 2.07. The molecule has 2 rings (SSSR count). The molecule has 0 saturated carbocycles. The summed E-state index contributed by atoms with van der Waals surface area (Å²) >= 11 is 6.84. The van der Waals surface area contributed by atoms with Crippen LogP contribution in [0, 0.1) is 11.6 Å². The predicted molar refractivity (Wildman–Crippen MR) is 77.1 cm³/mol. The molecule has 5 heteroatoms. The number of hydrogen-bond acceptors (Lipinski definition) is 2. The Bertz CT molecular complexity index is 671. The first-order valence-electron chi connectivity index (χ1n) is 5.65. The number of rotatable bonds is 4. The average Bonchev–Trinajstić information content (AvgIpc) is 2.43. The molecule has 0 aliphatic carbocycles. The van der Waals surface area contributed by atoms with Gasteiger partial charge in [-0.15, -0.1) is 0 Å². The second-order valence-electron chi connectivity index (χ2n) is 3.84. The number of carbonyl (C=O) groups is 1. The standard InChI is InChI=1S/C15H9ClF2OS/c16-12-9-10(5-6-14(12)18)20-8-7-15(19)11-3-1-2-4-13(11)17/h1-9H/b8-7-. The predicted octanol–water partition coefficient (Wildman–Crippen LogP) is 5.11. The number of hydrogen-bond donors (Lipinski definition) is 0. The molecule has 0 N–H and O–H groups in total. The molecule has 0 saturated heterocycles. The van der Waals surface area contributed by atoms with Gasteiger partial charge in [0.25, 0.3) is 0 Å². The molecule has 2 aromatic rings. The van der Waals surface area contributed by atoms with Gasteiger partial charge >= 0.3 is 0 Å². The summed E-state index contributed by atoms with van der Waals surface area (Å²) in [6, 6.07) is 10.0. The summed E-state index contributed by atoms with van der Waals surface area (Å²) in [7, 11) is 0. The SMILES string of the molecule is O=C(/C=C\Sc1ccc(F)c(Cl)c1)c1ccccc1F. The summed E-state index contributed by atoms with van der Waals surface area (Å²) in [4.78, 5) is 12.4. The van der Waals surface area contributed by atoms with Gasteiger partial charge in [-0.25, -0.2) is 8.78 Å². The van der Waals surface area contributed by atoms with Crippen molar-refractivity contribution in [1.82, 2.24) is 0 Å². The molecule has 0 spiro atoms. The first-order valence-corrected chi connectivity index (χ1v) is 6.91. The molecule has 20 heavy (non-hydrogen) atoms. The van der Waals surface area contributed by atoms with Crippen LogP contribution in [0.4, 0.5) is 8.78 Å². The number of halogens is 3. The number of thioether (sulfide) groups is 1. The van der Waals surface area contributed by atoms with Crippen LogP contribution in [0.25, 0.3) is 0 Å². The number of benzene rings is 2. The van der Waals surface area contributed by atoms with Gasteiger partial charge in [0.2, 0.25) is 0 Å². The summed E-state index contributed by atoms with van der Waals surface area (Å²) in [5.41, 5.74) is 0.0153. The minimum absolute atomic E-state index is 0.0153. The Hall–Kier alpha value is -1.65. The normalized spacial score (nSPS) is 10.9. The van der Waals surface area contributed by atoms with Crippen molar-refractivity contribution in [3.05, 3.63) is 76.2 Å². The maximum atomic E-state index is 13.4. The quantitative estimate of drug-likeness (QED) is 0.443. The molecule has 0 unspecified atom stereocenters. The zero-order chi connectivity index (χ0) is 14.5. The van der Waals surface area contributed by atoms with Crippen LogP contribution in [0.3, 0.4) is 0 Å². The Labute approximate surface area is 124 Å². The first kappa shape index (κ1) is 14.8. The van der Waals surface area contributed by atoms with Gasteiger partial charge in [0.1, 0.15) is 11.6 Å². The fraction of sp³-hybridized carbons (Fsp3) is 0. The molecule has 0 amide bonds. The summed E-state index contributed by atoms with van der Waals surface area (Å²) in [5, 5.41) is 1.53. The highest BCUT2D eigenvalue weighted by molar-refractivity contribution is 8.02. The van der Waals surface area contributed by atoms with Gasteiger partial charge in [0.05, 0.1) is 10.6 Å². The molecule has 1 nitrogen and oxygen atoms in total. The number of allylic oxidation sites excluding steroid dienone is 1. The lowest BCUT2D eigenvalue weighted by Crippen LogP contribution is -1.97. The third kappa shape index (κ3) is 3.68. The van der Waals surface area contributed by atoms with Crippen molar-refractivity contribution in [3.63, 3.8) is 0 Å². The summed E-state index contributed by atoms with van der Waals surface area (Å²) in [5.74, 6) is -1.48. The molecular weight excluding hydrogens is 302 g/mol. The number of carbonyl (C=O) groups excluding carboxylic acids is 1. The van der Waals surface area contributed by atoms with Crippen LogP contribution in [0.1, 0.15) is 10.4 Å². The average molecular weight is 311 g/mol. The maximum Gasteiger partial charge on any atom is 0.189 e. The minimum atomic E-state index is -0.558. The van der Waals surface area contributed by atoms with E-state index in [-0.39, 0.29) is 10.6 Å². The summed E-state index contributed by atoms with van der Waals surface area (Å²) in [6.07, 6.45) is 1.26. The summed E-state index contributed by atoms with van der Waals surface area (Å²) < 4.78 is 26.3. The van der Waals surface area contributed by atoms with Gasteiger partial charge in [-0.1, -0.05) is 35.5 Å². The van der Waals surface area contributed by atoms with Crippen LogP contribution in [0.2, 0.25) is 5.02 Å². The van der Waals surface area contributed by atoms with Crippen LogP contribution in [0.15, 0.2) is 58.8 Å². The molecule has 0 aliphatic heterocycles. The van der Waals surface area contributed by atoms with E-state index in [9.17, 15) is 13.6 Å². The van der Waals surface area contributed by atoms with Crippen LogP contribution < -0.4 is 0 Å². The van der Waals surface area contributed by atoms with Crippen molar-refractivity contribution in [2.45, 2.75) is 4.90 Å². The Morgan fingerprint density at radius 3 is 2.55 bits per heavy atom. The van der Waals surface area contributed by atoms with Gasteiger partial charge < -0.3 is 0 Å². The van der Waals surface area contributed by atoms with Crippen molar-refractivity contribution < 1.29 is 13.6 Å². The van der Waals surface area contributed by atoms with E-state index in [2.05, 4.69) is 0 Å². The molecule has 0 bridgehead atoms. The number of ketones is 1. The van der Waals surface area contributed by atoms with Gasteiger partial charge in [-0.05, 0) is 41.8 Å². The Morgan fingerprint density at radius 1 is 1.10 bits per heavy atom. The van der Waals surface area contributed by atoms with Gasteiger partial charge in [-0.2, -0.15) is 0 Å². The molecule has 0 aliphatic rings. The van der Waals surface area contributed by atoms with Crippen molar-refractivity contribution in [2.24, 2.45) is 0 Å². The molecule has 102 valence electrons. The van der Waals surface area contributed by atoms with Crippen LogP contribution in [-0.2, 0) is 0 Å². The van der Waals surface area contributed by atoms with Crippen molar-refractivity contribution in [2.75, 3.05) is 0 Å². The lowest BCUT2D eigenvalue weighted by molar-refractivity contribution is 0.104. The highest BCUT2D eigenvalue weighted by atomic mass is 35.5. The lowest BCUT2D eigenvalue weighted by Gasteiger charge is -1.99. The monoisotopic (exact) mass is 310 g/mol. The van der Waals surface area contributed by atoms with E-state index in [1.165, 1.54) is 53.6 Å². The van der Waals surface area contributed by atoms with E-state index in [1.807, 2.05) is 0 Å². The first-order chi connectivity index (χ1) is 9.58. The molecule has 0 fully saturated rings. The smallest absolute Gasteiger partial charge is 0.189 e. The van der Waals surface area contributed by atoms with Gasteiger partial charge in [0.15, 0.2) is 5.78 Å². The van der Waals surface area contributed by atoms with E-state index < -0.39 is 17.4 Å². The third-order valence-corrected chi connectivity index (χ3v) is 3.54. The van der Waals surface area contributed by atoms with Crippen LogP contribution in [-0.4, -0.2) is 5.78 Å². The zero-order valence-corrected chi connectivity index (χ0v) is 11.7. The second kappa shape index (κ2) is 6.68. The maximum absolute atomic E-state index is 13.4. The molecule has 0 radical (unpaired) electrons. The second-order valence-corrected chi connectivity index (χ2v) is 5.23. The van der Waals surface area contributed by atoms with Gasteiger partial charge in [0, 0.05) is 4.90 Å². The van der Waals surface area contributed by atoms with E-state index in [0.29, 0.717) is 4.90 Å². The summed E-state index contributed by atoms with van der Waals surface area (Å²) in [6.45, 7) is 0. The van der Waals surface area contributed by atoms with E-state index in [4.69, 9.17) is 11.6 Å². The van der Waals surface area contributed by atoms with E-state index in [1.54, 1.807) is 12.1 Å². The zero-order valence-electron chi connectivity index (χ0n) is 10.1. The van der Waals surface area contributed by atoms with Crippen LogP contribution in [0.5, 0.6) is 0 Å². The van der Waals surface area contributed by atoms with Crippen molar-refractivity contribution in [3.8, 4) is 0 Å². The Balaban J connectivity index is 2.05. The topological polar surface area (TPSA) is 17.1 Å². The molecule has 0 heterocycles.